The number of phosphoric ester groups is 1. The predicted molar refractivity (Wildman–Crippen MR) is 305 cm³/mol. The van der Waals surface area contributed by atoms with Crippen LogP contribution in [0, 0.1) is 0 Å². The normalized spacial score (nSPS) is 14.1. The second-order valence-corrected chi connectivity index (χ2v) is 23.0. The Balaban J connectivity index is 5.28. The van der Waals surface area contributed by atoms with Crippen molar-refractivity contribution < 1.29 is 37.3 Å². The summed E-state index contributed by atoms with van der Waals surface area (Å²) in [6, 6.07) is -0.852. The van der Waals surface area contributed by atoms with Crippen molar-refractivity contribution >= 4 is 19.7 Å². The molecule has 0 aromatic heterocycles. The van der Waals surface area contributed by atoms with Gasteiger partial charge in [-0.2, -0.15) is 0 Å². The van der Waals surface area contributed by atoms with E-state index in [2.05, 4.69) is 62.5 Å². The molecule has 0 rings (SSSR count). The van der Waals surface area contributed by atoms with E-state index >= 15 is 0 Å². The minimum atomic E-state index is -4.45. The molecular formula is C61H116N2O7P+. The number of phosphoric acid groups is 1. The third-order valence-corrected chi connectivity index (χ3v) is 14.2. The van der Waals surface area contributed by atoms with Crippen LogP contribution in [0.3, 0.4) is 0 Å². The van der Waals surface area contributed by atoms with Gasteiger partial charge in [-0.3, -0.25) is 18.6 Å². The largest absolute Gasteiger partial charge is 0.472 e. The topological polar surface area (TPSA) is 111 Å². The Morgan fingerprint density at radius 2 is 0.859 bits per heavy atom. The van der Waals surface area contributed by atoms with E-state index in [-0.39, 0.29) is 31.5 Å². The van der Waals surface area contributed by atoms with E-state index in [0.717, 1.165) is 89.9 Å². The van der Waals surface area contributed by atoms with Gasteiger partial charge in [-0.05, 0) is 89.5 Å². The van der Waals surface area contributed by atoms with Gasteiger partial charge in [0.1, 0.15) is 19.3 Å². The summed E-state index contributed by atoms with van der Waals surface area (Å²) in [5.74, 6) is -0.514. The molecule has 0 bridgehead atoms. The quantitative estimate of drug-likeness (QED) is 0.0205. The highest BCUT2D eigenvalue weighted by Crippen LogP contribution is 2.43. The second-order valence-electron chi connectivity index (χ2n) is 21.5. The van der Waals surface area contributed by atoms with Crippen LogP contribution in [-0.2, 0) is 27.9 Å². The summed E-state index contributed by atoms with van der Waals surface area (Å²) in [5.41, 5.74) is 0. The highest BCUT2D eigenvalue weighted by Gasteiger charge is 2.30. The first kappa shape index (κ1) is 69.0. The zero-order valence-electron chi connectivity index (χ0n) is 47.5. The van der Waals surface area contributed by atoms with Crippen molar-refractivity contribution in [1.82, 2.24) is 5.32 Å². The lowest BCUT2D eigenvalue weighted by Crippen LogP contribution is -2.47. The monoisotopic (exact) mass is 1020 g/mol. The third-order valence-electron chi connectivity index (χ3n) is 13.2. The third kappa shape index (κ3) is 52.6. The number of nitrogens with zero attached hydrogens (tertiary/aromatic N) is 1. The number of quaternary nitrogens is 1. The zero-order chi connectivity index (χ0) is 52.2. The van der Waals surface area contributed by atoms with Crippen LogP contribution in [0.1, 0.15) is 278 Å². The van der Waals surface area contributed by atoms with Crippen molar-refractivity contribution in [2.75, 3.05) is 40.9 Å². The van der Waals surface area contributed by atoms with Gasteiger partial charge < -0.3 is 19.4 Å². The van der Waals surface area contributed by atoms with E-state index in [1.165, 1.54) is 154 Å². The molecule has 0 aliphatic rings. The Bertz CT molecular complexity index is 1360. The number of amides is 1. The van der Waals surface area contributed by atoms with Gasteiger partial charge in [-0.25, -0.2) is 4.57 Å². The number of hydrogen-bond acceptors (Lipinski definition) is 6. The van der Waals surface area contributed by atoms with E-state index in [1.54, 1.807) is 0 Å². The van der Waals surface area contributed by atoms with Crippen LogP contribution in [0.25, 0.3) is 0 Å². The molecule has 3 atom stereocenters. The number of ether oxygens (including phenoxy) is 1. The van der Waals surface area contributed by atoms with Crippen molar-refractivity contribution in [3.8, 4) is 0 Å². The number of hydrogen-bond donors (Lipinski definition) is 2. The number of unbranched alkanes of at least 4 members (excludes halogenated alkanes) is 32. The lowest BCUT2D eigenvalue weighted by atomic mass is 10.1. The average molecular weight is 1020 g/mol. The molecule has 2 N–H and O–H groups in total. The molecule has 0 saturated heterocycles. The van der Waals surface area contributed by atoms with Crippen LogP contribution in [0.5, 0.6) is 0 Å². The van der Waals surface area contributed by atoms with Gasteiger partial charge in [0.05, 0.1) is 33.8 Å². The Morgan fingerprint density at radius 1 is 0.493 bits per heavy atom. The lowest BCUT2D eigenvalue weighted by molar-refractivity contribution is -0.870. The molecule has 10 heteroatoms. The fraction of sp³-hybridized carbons (Fsp3) is 0.836. The van der Waals surface area contributed by atoms with Gasteiger partial charge in [0, 0.05) is 12.8 Å². The molecule has 0 aromatic rings. The molecule has 0 radical (unpaired) electrons. The lowest BCUT2D eigenvalue weighted by Gasteiger charge is -2.27. The molecule has 0 heterocycles. The number of esters is 1. The van der Waals surface area contributed by atoms with Crippen molar-refractivity contribution in [2.24, 2.45) is 0 Å². The van der Waals surface area contributed by atoms with Gasteiger partial charge in [0.25, 0.3) is 0 Å². The molecule has 1 amide bonds. The highest BCUT2D eigenvalue weighted by atomic mass is 31.2. The molecule has 0 aliphatic heterocycles. The summed E-state index contributed by atoms with van der Waals surface area (Å²) >= 11 is 0. The van der Waals surface area contributed by atoms with Crippen molar-refractivity contribution in [3.63, 3.8) is 0 Å². The molecule has 3 unspecified atom stereocenters. The number of likely N-dealkylation sites (N-methyl/N-ethyl adjacent to an activating group) is 1. The molecule has 0 fully saturated rings. The fourth-order valence-electron chi connectivity index (χ4n) is 8.55. The maximum atomic E-state index is 13.5. The maximum absolute atomic E-state index is 13.5. The molecule has 0 aromatic carbocycles. The number of rotatable bonds is 54. The fourth-order valence-corrected chi connectivity index (χ4v) is 9.29. The van der Waals surface area contributed by atoms with Crippen LogP contribution in [0.2, 0.25) is 0 Å². The van der Waals surface area contributed by atoms with E-state index in [1.807, 2.05) is 33.3 Å². The van der Waals surface area contributed by atoms with E-state index in [4.69, 9.17) is 13.8 Å². The number of carbonyl (C=O) groups excluding carboxylic acids is 2. The van der Waals surface area contributed by atoms with Gasteiger partial charge >= 0.3 is 13.8 Å². The maximum Gasteiger partial charge on any atom is 0.472 e. The van der Waals surface area contributed by atoms with Gasteiger partial charge in [0.2, 0.25) is 5.91 Å². The Hall–Kier alpha value is -2.03. The van der Waals surface area contributed by atoms with Gasteiger partial charge in [0.15, 0.2) is 0 Å². The summed E-state index contributed by atoms with van der Waals surface area (Å²) in [6.07, 6.45) is 62.4. The molecule has 0 spiro atoms. The van der Waals surface area contributed by atoms with Crippen molar-refractivity contribution in [1.29, 1.82) is 0 Å². The van der Waals surface area contributed by atoms with E-state index < -0.39 is 20.0 Å². The summed E-state index contributed by atoms with van der Waals surface area (Å²) in [4.78, 5) is 37.6. The Morgan fingerprint density at radius 3 is 1.31 bits per heavy atom. The molecule has 9 nitrogen and oxygen atoms in total. The van der Waals surface area contributed by atoms with Crippen LogP contribution in [0.15, 0.2) is 48.6 Å². The van der Waals surface area contributed by atoms with Gasteiger partial charge in [-0.1, -0.05) is 224 Å². The zero-order valence-corrected chi connectivity index (χ0v) is 48.4. The first-order valence-corrected chi connectivity index (χ1v) is 31.5. The summed E-state index contributed by atoms with van der Waals surface area (Å²) in [7, 11) is 1.49. The summed E-state index contributed by atoms with van der Waals surface area (Å²) in [5, 5.41) is 3.05. The number of carbonyl (C=O) groups is 2. The highest BCUT2D eigenvalue weighted by molar-refractivity contribution is 7.47. The second kappa shape index (κ2) is 51.5. The average Bonchev–Trinajstić information content (AvgIpc) is 3.33. The molecule has 0 aliphatic carbocycles. The Kier molecular flexibility index (Phi) is 50.0. The predicted octanol–water partition coefficient (Wildman–Crippen LogP) is 18.1. The van der Waals surface area contributed by atoms with E-state index in [9.17, 15) is 19.0 Å². The minimum Gasteiger partial charge on any atom is -0.456 e. The standard InChI is InChI=1S/C61H115N2O7P/c1-7-10-13-16-19-22-25-27-29-31-33-35-38-41-44-47-50-53-60(64)62-58(57-69-71(66,67)68-56-55-63(4,5)6)59(52-49-46-43-40-37-24-21-18-15-12-9-3)70-61(65)54-51-48-45-42-39-36-34-32-30-28-26-23-20-17-14-11-8-2/h20,23,27-30,49,52,58-59H,7-19,21-22,24-26,31-48,50-51,53-57H2,1-6H3,(H-,62,64,66,67)/p+1/b23-20-,29-27+,30-28-,52-49+. The smallest absolute Gasteiger partial charge is 0.456 e. The van der Waals surface area contributed by atoms with Crippen LogP contribution in [-0.4, -0.2) is 74.3 Å². The van der Waals surface area contributed by atoms with Crippen LogP contribution < -0.4 is 5.32 Å². The van der Waals surface area contributed by atoms with E-state index in [0.29, 0.717) is 17.4 Å². The first-order chi connectivity index (χ1) is 34.4. The van der Waals surface area contributed by atoms with Crippen molar-refractivity contribution in [3.05, 3.63) is 48.6 Å². The van der Waals surface area contributed by atoms with Gasteiger partial charge in [-0.15, -0.1) is 0 Å². The van der Waals surface area contributed by atoms with Crippen molar-refractivity contribution in [2.45, 2.75) is 290 Å². The SMILES string of the molecule is CCCCC/C=C\C/C=C\CCCCCCCCCC(=O)OC(/C=C/CCCCCCCCCCC)C(COP(=O)(O)OCC[N+](C)(C)C)NC(=O)CCCCCCCCC/C=C/CCCCCCCC. The number of nitrogens with one attached hydrogen (secondary N) is 1. The van der Waals surface area contributed by atoms with Crippen LogP contribution >= 0.6 is 7.82 Å². The number of allylic oxidation sites excluding steroid dienone is 7. The Labute approximate surface area is 439 Å². The molecule has 416 valence electrons. The van der Waals surface area contributed by atoms with Crippen LogP contribution in [0.4, 0.5) is 0 Å². The first-order valence-electron chi connectivity index (χ1n) is 30.0. The molecule has 71 heavy (non-hydrogen) atoms. The molecule has 0 saturated carbocycles. The molecular weight excluding hydrogens is 904 g/mol. The summed E-state index contributed by atoms with van der Waals surface area (Å²) in [6.45, 7) is 6.98. The minimum absolute atomic E-state index is 0.0381. The summed E-state index contributed by atoms with van der Waals surface area (Å²) < 4.78 is 30.6.